The van der Waals surface area contributed by atoms with Gasteiger partial charge in [0.1, 0.15) is 6.54 Å². The highest BCUT2D eigenvalue weighted by Gasteiger charge is 2.25. The summed E-state index contributed by atoms with van der Waals surface area (Å²) >= 11 is 0. The standard InChI is InChI=1S/C15H18N2O2.C15H17NO.C7H9NO.C4H8/c1-10(2)12-8-17(9-14(18)16-3)13-7-5-4-6-11(13)15(12)19;1-10(2)13-9-16(11-7-8-11)14-6-4-3-5-12(14)15(13)17;1-6-5-8(2)4-3-7(6)9;1-3-4-2/h4-8,10H,9H2,1-3H3,(H,16,18);3-6,9-11H,7-8H2,1-2H3;3-5H,1-2H3;3-4H,1-2H3/b;;;4-3-. The third-order valence-corrected chi connectivity index (χ3v) is 8.34. The number of pyridine rings is 3. The van der Waals surface area contributed by atoms with Crippen LogP contribution < -0.4 is 21.6 Å². The zero-order chi connectivity index (χ0) is 36.2. The molecule has 0 atom stereocenters. The van der Waals surface area contributed by atoms with E-state index in [0.717, 1.165) is 33.1 Å². The highest BCUT2D eigenvalue weighted by atomic mass is 16.2. The molecule has 1 fully saturated rings. The number of carbonyl (C=O) groups is 1. The number of rotatable bonds is 5. The fourth-order valence-electron chi connectivity index (χ4n) is 5.26. The maximum atomic E-state index is 12.4. The average Bonchev–Trinajstić information content (AvgIpc) is 3.94. The molecule has 1 amide bonds. The number of allylic oxidation sites excluding steroid dienone is 2. The molecule has 3 aromatic heterocycles. The van der Waals surface area contributed by atoms with Crippen LogP contribution in [0, 0.1) is 6.92 Å². The van der Waals surface area contributed by atoms with Crippen molar-refractivity contribution in [1.29, 1.82) is 0 Å². The molecular weight excluding hydrogens is 612 g/mol. The molecule has 3 heterocycles. The Kier molecular flexibility index (Phi) is 14.1. The van der Waals surface area contributed by atoms with Crippen LogP contribution >= 0.6 is 0 Å². The number of carbonyl (C=O) groups excluding carboxylic acids is 1. The van der Waals surface area contributed by atoms with Gasteiger partial charge in [0.05, 0.1) is 11.0 Å². The summed E-state index contributed by atoms with van der Waals surface area (Å²) in [6.45, 7) is 14.2. The van der Waals surface area contributed by atoms with Crippen molar-refractivity contribution in [2.24, 2.45) is 7.05 Å². The molecule has 0 spiro atoms. The fraction of sp³-hybridized carbons (Fsp3) is 0.366. The van der Waals surface area contributed by atoms with Crippen molar-refractivity contribution in [3.63, 3.8) is 0 Å². The molecule has 1 N–H and O–H groups in total. The maximum Gasteiger partial charge on any atom is 0.239 e. The molecule has 1 aliphatic carbocycles. The number of nitrogens with one attached hydrogen (secondary N) is 1. The van der Waals surface area contributed by atoms with Crippen LogP contribution in [0.2, 0.25) is 0 Å². The van der Waals surface area contributed by atoms with Gasteiger partial charge in [-0.25, -0.2) is 0 Å². The Hall–Kier alpha value is -4.98. The van der Waals surface area contributed by atoms with E-state index in [0.29, 0.717) is 11.4 Å². The third kappa shape index (κ3) is 10.3. The molecule has 1 saturated carbocycles. The van der Waals surface area contributed by atoms with E-state index in [9.17, 15) is 19.2 Å². The Labute approximate surface area is 289 Å². The SMILES string of the molecule is C/C=C\C.CC(C)c1cn(C2CC2)c2ccccc2c1=O.CNC(=O)Cn1cc(C(C)C)c(=O)c2ccccc21.Cc1cn(C)ccc1=O. The van der Waals surface area contributed by atoms with Gasteiger partial charge in [0.2, 0.25) is 5.91 Å². The van der Waals surface area contributed by atoms with Crippen LogP contribution in [-0.4, -0.2) is 26.7 Å². The molecule has 260 valence electrons. The molecule has 2 aromatic carbocycles. The fourth-order valence-corrected chi connectivity index (χ4v) is 5.26. The first-order valence-corrected chi connectivity index (χ1v) is 17.0. The number of amides is 1. The smallest absolute Gasteiger partial charge is 0.239 e. The van der Waals surface area contributed by atoms with Crippen molar-refractivity contribution < 1.29 is 4.79 Å². The number of hydrogen-bond acceptors (Lipinski definition) is 4. The summed E-state index contributed by atoms with van der Waals surface area (Å²) < 4.78 is 5.99. The Balaban J connectivity index is 0.000000198. The highest BCUT2D eigenvalue weighted by Crippen LogP contribution is 2.37. The second kappa shape index (κ2) is 18.0. The van der Waals surface area contributed by atoms with Gasteiger partial charge in [0, 0.05) is 78.5 Å². The van der Waals surface area contributed by atoms with Gasteiger partial charge in [0.15, 0.2) is 16.3 Å². The molecule has 6 rings (SSSR count). The minimum absolute atomic E-state index is 0.0544. The van der Waals surface area contributed by atoms with Gasteiger partial charge in [-0.3, -0.25) is 19.2 Å². The molecule has 0 saturated heterocycles. The van der Waals surface area contributed by atoms with Crippen molar-refractivity contribution in [3.05, 3.63) is 139 Å². The number of aromatic nitrogens is 3. The van der Waals surface area contributed by atoms with Crippen LogP contribution in [0.4, 0.5) is 0 Å². The molecule has 49 heavy (non-hydrogen) atoms. The van der Waals surface area contributed by atoms with Crippen molar-refractivity contribution >= 4 is 27.7 Å². The normalized spacial score (nSPS) is 12.2. The molecule has 1 aliphatic rings. The third-order valence-electron chi connectivity index (χ3n) is 8.34. The lowest BCUT2D eigenvalue weighted by Crippen LogP contribution is -2.25. The molecule has 8 heteroatoms. The summed E-state index contributed by atoms with van der Waals surface area (Å²) in [7, 11) is 3.50. The molecule has 0 unspecified atom stereocenters. The van der Waals surface area contributed by atoms with Gasteiger partial charge in [-0.2, -0.15) is 0 Å². The Morgan fingerprint density at radius 2 is 1.31 bits per heavy atom. The van der Waals surface area contributed by atoms with Gasteiger partial charge in [0.25, 0.3) is 0 Å². The Morgan fingerprint density at radius 1 is 0.796 bits per heavy atom. The zero-order valence-electron chi connectivity index (χ0n) is 30.5. The van der Waals surface area contributed by atoms with Gasteiger partial charge < -0.3 is 19.0 Å². The second-order valence-corrected chi connectivity index (χ2v) is 12.9. The maximum absolute atomic E-state index is 12.4. The number of nitrogens with zero attached hydrogens (tertiary/aromatic N) is 3. The molecule has 8 nitrogen and oxygen atoms in total. The van der Waals surface area contributed by atoms with E-state index < -0.39 is 0 Å². The van der Waals surface area contributed by atoms with Crippen LogP contribution in [0.5, 0.6) is 0 Å². The summed E-state index contributed by atoms with van der Waals surface area (Å²) in [6, 6.07) is 17.5. The van der Waals surface area contributed by atoms with Crippen LogP contribution in [0.3, 0.4) is 0 Å². The van der Waals surface area contributed by atoms with E-state index in [-0.39, 0.29) is 40.6 Å². The molecule has 0 bridgehead atoms. The summed E-state index contributed by atoms with van der Waals surface area (Å²) in [6.07, 6.45) is 13.9. The lowest BCUT2D eigenvalue weighted by molar-refractivity contribution is -0.121. The van der Waals surface area contributed by atoms with Gasteiger partial charge in [-0.1, -0.05) is 64.1 Å². The topological polar surface area (TPSA) is 95.1 Å². The van der Waals surface area contributed by atoms with Crippen molar-refractivity contribution in [1.82, 2.24) is 19.0 Å². The van der Waals surface area contributed by atoms with Crippen molar-refractivity contribution in [2.45, 2.75) is 85.7 Å². The van der Waals surface area contributed by atoms with Crippen LogP contribution in [0.15, 0.2) is 106 Å². The van der Waals surface area contributed by atoms with E-state index >= 15 is 0 Å². The van der Waals surface area contributed by atoms with Gasteiger partial charge in [-0.05, 0) is 69.7 Å². The summed E-state index contributed by atoms with van der Waals surface area (Å²) in [4.78, 5) is 47.1. The van der Waals surface area contributed by atoms with Crippen LogP contribution in [0.1, 0.15) is 89.0 Å². The second-order valence-electron chi connectivity index (χ2n) is 12.9. The number of fused-ring (bicyclic) bond motifs is 2. The lowest BCUT2D eigenvalue weighted by Gasteiger charge is -2.14. The van der Waals surface area contributed by atoms with E-state index in [1.165, 1.54) is 12.8 Å². The molecular formula is C41H52N4O4. The molecule has 0 radical (unpaired) electrons. The van der Waals surface area contributed by atoms with E-state index in [1.807, 2.05) is 112 Å². The lowest BCUT2D eigenvalue weighted by atomic mass is 10.0. The highest BCUT2D eigenvalue weighted by molar-refractivity contribution is 5.83. The monoisotopic (exact) mass is 664 g/mol. The van der Waals surface area contributed by atoms with Crippen molar-refractivity contribution in [2.75, 3.05) is 7.05 Å². The minimum Gasteiger partial charge on any atom is -0.358 e. The van der Waals surface area contributed by atoms with Crippen LogP contribution in [0.25, 0.3) is 21.8 Å². The van der Waals surface area contributed by atoms with E-state index in [4.69, 9.17) is 0 Å². The first kappa shape index (κ1) is 38.5. The Morgan fingerprint density at radius 3 is 1.78 bits per heavy atom. The number of hydrogen-bond donors (Lipinski definition) is 1. The number of para-hydroxylation sites is 2. The van der Waals surface area contributed by atoms with Gasteiger partial charge >= 0.3 is 0 Å². The van der Waals surface area contributed by atoms with Crippen molar-refractivity contribution in [3.8, 4) is 0 Å². The zero-order valence-corrected chi connectivity index (χ0v) is 30.5. The average molecular weight is 665 g/mol. The predicted octanol–water partition coefficient (Wildman–Crippen LogP) is 7.61. The van der Waals surface area contributed by atoms with Crippen LogP contribution in [-0.2, 0) is 18.4 Å². The first-order chi connectivity index (χ1) is 23.3. The number of likely N-dealkylation sites (N-methyl/N-ethyl adjacent to an activating group) is 1. The van der Waals surface area contributed by atoms with E-state index in [2.05, 4.69) is 36.0 Å². The number of aryl methyl sites for hydroxylation is 2. The summed E-state index contributed by atoms with van der Waals surface area (Å²) in [5.41, 5.74) is 4.71. The first-order valence-electron chi connectivity index (χ1n) is 17.0. The van der Waals surface area contributed by atoms with Gasteiger partial charge in [-0.15, -0.1) is 0 Å². The quantitative estimate of drug-likeness (QED) is 0.196. The Bertz CT molecular complexity index is 2070. The number of benzene rings is 2. The molecule has 0 aliphatic heterocycles. The molecule has 5 aromatic rings. The summed E-state index contributed by atoms with van der Waals surface area (Å²) in [5, 5.41) is 4.13. The largest absolute Gasteiger partial charge is 0.358 e. The van der Waals surface area contributed by atoms with E-state index in [1.54, 1.807) is 25.5 Å². The minimum atomic E-state index is -0.0801. The summed E-state index contributed by atoms with van der Waals surface area (Å²) in [5.74, 6) is 0.341. The predicted molar refractivity (Wildman–Crippen MR) is 204 cm³/mol.